The van der Waals surface area contributed by atoms with Crippen molar-refractivity contribution in [3.8, 4) is 0 Å². The summed E-state index contributed by atoms with van der Waals surface area (Å²) in [5.74, 6) is -0.557. The molecule has 1 unspecified atom stereocenters. The molecule has 1 N–H and O–H groups in total. The van der Waals surface area contributed by atoms with Crippen molar-refractivity contribution in [2.75, 3.05) is 5.75 Å². The molecular weight excluding hydrogens is 331 g/mol. The normalized spacial score (nSPS) is 13.1. The second kappa shape index (κ2) is 6.79. The fourth-order valence-corrected chi connectivity index (χ4v) is 3.96. The van der Waals surface area contributed by atoms with Gasteiger partial charge < -0.3 is 5.11 Å². The molecule has 0 aliphatic heterocycles. The van der Waals surface area contributed by atoms with E-state index in [0.29, 0.717) is 21.2 Å². The Hall–Kier alpha value is -1.07. The molecule has 0 radical (unpaired) electrons. The molecule has 0 aliphatic carbocycles. The Morgan fingerprint density at radius 2 is 1.76 bits per heavy atom. The summed E-state index contributed by atoms with van der Waals surface area (Å²) < 4.78 is 24.3. The fraction of sp³-hybridized carbons (Fsp3) is 0.200. The van der Waals surface area contributed by atoms with E-state index in [0.717, 1.165) is 0 Å². The van der Waals surface area contributed by atoms with Crippen LogP contribution in [0.1, 0.15) is 17.2 Å². The van der Waals surface area contributed by atoms with Gasteiger partial charge in [0.1, 0.15) is 0 Å². The molecule has 0 heterocycles. The number of aliphatic hydroxyl groups excluding tert-OH is 1. The average molecular weight is 345 g/mol. The summed E-state index contributed by atoms with van der Waals surface area (Å²) in [6.07, 6.45) is -1.15. The number of hydrogen-bond donors (Lipinski definition) is 1. The number of hydrogen-bond acceptors (Lipinski definition) is 3. The van der Waals surface area contributed by atoms with Crippen LogP contribution in [0.3, 0.4) is 0 Å². The smallest absolute Gasteiger partial charge is 0.157 e. The van der Waals surface area contributed by atoms with Crippen molar-refractivity contribution in [2.45, 2.75) is 11.9 Å². The lowest BCUT2D eigenvalue weighted by molar-refractivity contribution is 0.201. The molecule has 2 rings (SSSR count). The molecule has 0 saturated heterocycles. The topological polar surface area (TPSA) is 54.4 Å². The Kier molecular flexibility index (Phi) is 5.27. The predicted molar refractivity (Wildman–Crippen MR) is 85.4 cm³/mol. The number of benzene rings is 2. The van der Waals surface area contributed by atoms with Gasteiger partial charge in [0.25, 0.3) is 0 Å². The van der Waals surface area contributed by atoms with Crippen molar-refractivity contribution in [2.24, 2.45) is 0 Å². The van der Waals surface area contributed by atoms with Gasteiger partial charge in [-0.1, -0.05) is 53.5 Å². The highest BCUT2D eigenvalue weighted by atomic mass is 35.5. The van der Waals surface area contributed by atoms with Gasteiger partial charge in [0.15, 0.2) is 9.84 Å². The first-order chi connectivity index (χ1) is 9.87. The zero-order valence-corrected chi connectivity index (χ0v) is 13.4. The number of sulfone groups is 1. The van der Waals surface area contributed by atoms with Crippen LogP contribution in [0.15, 0.2) is 48.5 Å². The van der Waals surface area contributed by atoms with E-state index < -0.39 is 15.9 Å². The lowest BCUT2D eigenvalue weighted by atomic mass is 10.1. The average Bonchev–Trinajstić information content (AvgIpc) is 2.37. The molecule has 6 heteroatoms. The zero-order chi connectivity index (χ0) is 15.5. The molecule has 0 spiro atoms. The van der Waals surface area contributed by atoms with Gasteiger partial charge in [-0.3, -0.25) is 0 Å². The maximum absolute atomic E-state index is 12.2. The summed E-state index contributed by atoms with van der Waals surface area (Å²) in [5, 5.41) is 10.9. The summed E-state index contributed by atoms with van der Waals surface area (Å²) in [7, 11) is -3.48. The van der Waals surface area contributed by atoms with E-state index in [9.17, 15) is 13.5 Å². The van der Waals surface area contributed by atoms with E-state index in [1.165, 1.54) is 0 Å². The van der Waals surface area contributed by atoms with Crippen LogP contribution in [0.4, 0.5) is 0 Å². The summed E-state index contributed by atoms with van der Waals surface area (Å²) in [5.41, 5.74) is 1.00. The van der Waals surface area contributed by atoms with Crippen LogP contribution < -0.4 is 0 Å². The van der Waals surface area contributed by atoms with Crippen LogP contribution in [-0.2, 0) is 15.6 Å². The third kappa shape index (κ3) is 4.71. The van der Waals surface area contributed by atoms with E-state index in [1.54, 1.807) is 48.5 Å². The van der Waals surface area contributed by atoms with Crippen LogP contribution in [0.25, 0.3) is 0 Å². The predicted octanol–water partition coefficient (Wildman–Crippen LogP) is 3.64. The Labute approximate surface area is 134 Å². The van der Waals surface area contributed by atoms with E-state index in [4.69, 9.17) is 23.2 Å². The first-order valence-electron chi connectivity index (χ1n) is 6.25. The molecular formula is C15H14Cl2O3S. The van der Waals surface area contributed by atoms with Gasteiger partial charge in [-0.2, -0.15) is 0 Å². The Morgan fingerprint density at radius 1 is 1.05 bits per heavy atom. The minimum atomic E-state index is -3.48. The fourth-order valence-electron chi connectivity index (χ4n) is 2.02. The molecule has 0 aromatic heterocycles. The number of aliphatic hydroxyl groups is 1. The third-order valence-corrected chi connectivity index (χ3v) is 5.13. The summed E-state index contributed by atoms with van der Waals surface area (Å²) in [4.78, 5) is 0. The van der Waals surface area contributed by atoms with E-state index >= 15 is 0 Å². The largest absolute Gasteiger partial charge is 0.387 e. The van der Waals surface area contributed by atoms with Gasteiger partial charge in [0.05, 0.1) is 17.6 Å². The van der Waals surface area contributed by atoms with Crippen molar-refractivity contribution in [3.05, 3.63) is 69.7 Å². The highest BCUT2D eigenvalue weighted by molar-refractivity contribution is 7.90. The highest BCUT2D eigenvalue weighted by Crippen LogP contribution is 2.24. The Bertz CT molecular complexity index is 729. The lowest BCUT2D eigenvalue weighted by Gasteiger charge is -2.13. The molecule has 2 aromatic carbocycles. The molecule has 0 fully saturated rings. The molecule has 1 atom stereocenters. The lowest BCUT2D eigenvalue weighted by Crippen LogP contribution is -2.16. The van der Waals surface area contributed by atoms with Gasteiger partial charge in [0.2, 0.25) is 0 Å². The molecule has 112 valence electrons. The van der Waals surface area contributed by atoms with Gasteiger partial charge in [-0.25, -0.2) is 8.42 Å². The summed E-state index contributed by atoms with van der Waals surface area (Å²) >= 11 is 11.8. The van der Waals surface area contributed by atoms with Crippen molar-refractivity contribution in [1.82, 2.24) is 0 Å². The molecule has 0 amide bonds. The van der Waals surface area contributed by atoms with Crippen molar-refractivity contribution in [1.29, 1.82) is 0 Å². The maximum Gasteiger partial charge on any atom is 0.157 e. The maximum atomic E-state index is 12.2. The Morgan fingerprint density at radius 3 is 2.43 bits per heavy atom. The standard InChI is InChI=1S/C15H14Cl2O3S/c16-12-5-3-4-11(8-12)9-21(19,20)10-15(18)13-6-1-2-7-14(13)17/h1-8,15,18H,9-10H2. The van der Waals surface area contributed by atoms with Crippen LogP contribution in [0.5, 0.6) is 0 Å². The summed E-state index contributed by atoms with van der Waals surface area (Å²) in [6, 6.07) is 13.3. The molecule has 2 aromatic rings. The van der Waals surface area contributed by atoms with Crippen molar-refractivity contribution >= 4 is 33.0 Å². The van der Waals surface area contributed by atoms with Gasteiger partial charge >= 0.3 is 0 Å². The molecule has 3 nitrogen and oxygen atoms in total. The quantitative estimate of drug-likeness (QED) is 0.900. The van der Waals surface area contributed by atoms with Gasteiger partial charge in [0, 0.05) is 15.6 Å². The first-order valence-corrected chi connectivity index (χ1v) is 8.82. The molecule has 0 aliphatic rings. The SMILES string of the molecule is O=S(=O)(Cc1cccc(Cl)c1)CC(O)c1ccccc1Cl. The van der Waals surface area contributed by atoms with Gasteiger partial charge in [-0.15, -0.1) is 0 Å². The van der Waals surface area contributed by atoms with E-state index in [1.807, 2.05) is 0 Å². The minimum Gasteiger partial charge on any atom is -0.387 e. The van der Waals surface area contributed by atoms with Crippen LogP contribution in [0, 0.1) is 0 Å². The van der Waals surface area contributed by atoms with E-state index in [-0.39, 0.29) is 11.5 Å². The second-order valence-corrected chi connectivity index (χ2v) is 7.67. The molecule has 0 saturated carbocycles. The number of rotatable bonds is 5. The van der Waals surface area contributed by atoms with Crippen molar-refractivity contribution < 1.29 is 13.5 Å². The van der Waals surface area contributed by atoms with Crippen molar-refractivity contribution in [3.63, 3.8) is 0 Å². The third-order valence-electron chi connectivity index (χ3n) is 2.95. The minimum absolute atomic E-state index is 0.172. The van der Waals surface area contributed by atoms with Gasteiger partial charge in [-0.05, 0) is 23.8 Å². The van der Waals surface area contributed by atoms with Crippen LogP contribution in [0.2, 0.25) is 10.0 Å². The van der Waals surface area contributed by atoms with Crippen LogP contribution >= 0.6 is 23.2 Å². The molecule has 21 heavy (non-hydrogen) atoms. The second-order valence-electron chi connectivity index (χ2n) is 4.72. The highest BCUT2D eigenvalue weighted by Gasteiger charge is 2.21. The summed E-state index contributed by atoms with van der Waals surface area (Å²) in [6.45, 7) is 0. The molecule has 0 bridgehead atoms. The number of halogens is 2. The monoisotopic (exact) mass is 344 g/mol. The zero-order valence-electron chi connectivity index (χ0n) is 11.0. The van der Waals surface area contributed by atoms with Crippen LogP contribution in [-0.4, -0.2) is 19.3 Å². The first kappa shape index (κ1) is 16.3. The Balaban J connectivity index is 2.12. The van der Waals surface area contributed by atoms with E-state index in [2.05, 4.69) is 0 Å².